The van der Waals surface area contributed by atoms with Crippen LogP contribution in [0.15, 0.2) is 24.3 Å². The molecule has 1 atom stereocenters. The molecule has 0 radical (unpaired) electrons. The highest BCUT2D eigenvalue weighted by Gasteiger charge is 2.30. The number of anilines is 1. The molecule has 1 saturated carbocycles. The van der Waals surface area contributed by atoms with Gasteiger partial charge in [0.2, 0.25) is 0 Å². The molecule has 1 aliphatic carbocycles. The first-order valence-corrected chi connectivity index (χ1v) is 6.17. The van der Waals surface area contributed by atoms with E-state index in [0.29, 0.717) is 5.92 Å². The van der Waals surface area contributed by atoms with E-state index in [1.165, 1.54) is 24.1 Å². The summed E-state index contributed by atoms with van der Waals surface area (Å²) >= 11 is 0. The maximum absolute atomic E-state index is 4.61. The van der Waals surface area contributed by atoms with E-state index in [-0.39, 0.29) is 6.04 Å². The summed E-state index contributed by atoms with van der Waals surface area (Å²) in [4.78, 5) is 4.61. The molecular weight excluding hydrogens is 212 g/mol. The molecule has 2 heterocycles. The maximum Gasteiger partial charge on any atom is 0.153 e. The van der Waals surface area contributed by atoms with Gasteiger partial charge in [0.1, 0.15) is 5.82 Å². The van der Waals surface area contributed by atoms with Gasteiger partial charge in [0.25, 0.3) is 0 Å². The highest BCUT2D eigenvalue weighted by Crippen LogP contribution is 2.39. The van der Waals surface area contributed by atoms with Crippen molar-refractivity contribution in [2.24, 2.45) is 0 Å². The zero-order valence-electron chi connectivity index (χ0n) is 9.48. The van der Waals surface area contributed by atoms with Crippen molar-refractivity contribution >= 4 is 5.69 Å². The second kappa shape index (κ2) is 3.32. The topological polar surface area (TPSA) is 53.6 Å². The Balaban J connectivity index is 1.60. The molecule has 1 fully saturated rings. The molecular formula is C13H14N4. The van der Waals surface area contributed by atoms with Crippen LogP contribution in [0.3, 0.4) is 0 Å². The summed E-state index contributed by atoms with van der Waals surface area (Å²) in [6, 6.07) is 8.68. The van der Waals surface area contributed by atoms with Crippen LogP contribution in [0.1, 0.15) is 42.0 Å². The Hall–Kier alpha value is -1.84. The Bertz CT molecular complexity index is 531. The summed E-state index contributed by atoms with van der Waals surface area (Å²) in [7, 11) is 0. The van der Waals surface area contributed by atoms with Crippen molar-refractivity contribution < 1.29 is 0 Å². The van der Waals surface area contributed by atoms with Crippen molar-refractivity contribution in [2.75, 3.05) is 5.32 Å². The summed E-state index contributed by atoms with van der Waals surface area (Å²) in [5.41, 5.74) is 2.59. The number of hydrogen-bond donors (Lipinski definition) is 2. The zero-order chi connectivity index (χ0) is 11.2. The van der Waals surface area contributed by atoms with E-state index in [2.05, 4.69) is 44.8 Å². The predicted octanol–water partition coefficient (Wildman–Crippen LogP) is 2.39. The third-order valence-corrected chi connectivity index (χ3v) is 3.56. The molecule has 17 heavy (non-hydrogen) atoms. The fourth-order valence-electron chi connectivity index (χ4n) is 2.43. The standard InChI is InChI=1S/C13H14N4/c1-2-4-10-9(3-1)7-11(14-10)13-15-12(16-17-13)8-5-6-8/h1-4,8,11,14H,5-7H2,(H,15,16,17)/t11-/m0/s1. The van der Waals surface area contributed by atoms with E-state index in [1.807, 2.05) is 0 Å². The lowest BCUT2D eigenvalue weighted by molar-refractivity contribution is 0.752. The van der Waals surface area contributed by atoms with E-state index < -0.39 is 0 Å². The van der Waals surface area contributed by atoms with Gasteiger partial charge >= 0.3 is 0 Å². The Morgan fingerprint density at radius 2 is 2.06 bits per heavy atom. The van der Waals surface area contributed by atoms with Gasteiger partial charge in [-0.3, -0.25) is 5.10 Å². The number of aromatic nitrogens is 3. The van der Waals surface area contributed by atoms with E-state index in [1.54, 1.807) is 0 Å². The Morgan fingerprint density at radius 1 is 1.18 bits per heavy atom. The van der Waals surface area contributed by atoms with E-state index in [0.717, 1.165) is 18.1 Å². The Labute approximate surface area is 99.5 Å². The van der Waals surface area contributed by atoms with Crippen LogP contribution in [0.25, 0.3) is 0 Å². The highest BCUT2D eigenvalue weighted by molar-refractivity contribution is 5.57. The van der Waals surface area contributed by atoms with Crippen LogP contribution in [-0.2, 0) is 6.42 Å². The van der Waals surface area contributed by atoms with Gasteiger partial charge in [-0.25, -0.2) is 4.98 Å². The first-order valence-electron chi connectivity index (χ1n) is 6.17. The average molecular weight is 226 g/mol. The number of aromatic amines is 1. The van der Waals surface area contributed by atoms with Gasteiger partial charge in [-0.1, -0.05) is 18.2 Å². The molecule has 86 valence electrons. The molecule has 4 nitrogen and oxygen atoms in total. The Kier molecular flexibility index (Phi) is 1.80. The van der Waals surface area contributed by atoms with Gasteiger partial charge < -0.3 is 5.32 Å². The molecule has 0 amide bonds. The van der Waals surface area contributed by atoms with Gasteiger partial charge in [-0.2, -0.15) is 5.10 Å². The molecule has 2 N–H and O–H groups in total. The highest BCUT2D eigenvalue weighted by atomic mass is 15.2. The van der Waals surface area contributed by atoms with Gasteiger partial charge in [-0.15, -0.1) is 0 Å². The third kappa shape index (κ3) is 1.52. The minimum Gasteiger partial charge on any atom is -0.375 e. The van der Waals surface area contributed by atoms with Crippen molar-refractivity contribution in [3.8, 4) is 0 Å². The van der Waals surface area contributed by atoms with Gasteiger partial charge in [0.15, 0.2) is 5.82 Å². The molecule has 0 unspecified atom stereocenters. The van der Waals surface area contributed by atoms with E-state index in [4.69, 9.17) is 0 Å². The minimum absolute atomic E-state index is 0.257. The molecule has 0 bridgehead atoms. The Morgan fingerprint density at radius 3 is 2.88 bits per heavy atom. The number of hydrogen-bond acceptors (Lipinski definition) is 3. The second-order valence-electron chi connectivity index (χ2n) is 4.91. The molecule has 0 saturated heterocycles. The molecule has 1 aromatic carbocycles. The van der Waals surface area contributed by atoms with E-state index in [9.17, 15) is 0 Å². The molecule has 4 rings (SSSR count). The molecule has 0 spiro atoms. The maximum atomic E-state index is 4.61. The number of benzene rings is 1. The predicted molar refractivity (Wildman–Crippen MR) is 64.9 cm³/mol. The van der Waals surface area contributed by atoms with Crippen LogP contribution in [0.2, 0.25) is 0 Å². The number of H-pyrrole nitrogens is 1. The van der Waals surface area contributed by atoms with Crippen LogP contribution in [0, 0.1) is 0 Å². The van der Waals surface area contributed by atoms with Gasteiger partial charge in [-0.05, 0) is 24.5 Å². The minimum atomic E-state index is 0.257. The molecule has 2 aliphatic rings. The van der Waals surface area contributed by atoms with Crippen LogP contribution >= 0.6 is 0 Å². The van der Waals surface area contributed by atoms with Crippen LogP contribution < -0.4 is 5.32 Å². The smallest absolute Gasteiger partial charge is 0.153 e. The molecule has 4 heteroatoms. The average Bonchev–Trinajstić information content (AvgIpc) is 2.94. The van der Waals surface area contributed by atoms with Crippen molar-refractivity contribution in [3.63, 3.8) is 0 Å². The summed E-state index contributed by atoms with van der Waals surface area (Å²) < 4.78 is 0. The summed E-state index contributed by atoms with van der Waals surface area (Å²) in [6.45, 7) is 0. The van der Waals surface area contributed by atoms with Crippen LogP contribution in [0.5, 0.6) is 0 Å². The number of fused-ring (bicyclic) bond motifs is 1. The molecule has 1 aliphatic heterocycles. The second-order valence-corrected chi connectivity index (χ2v) is 4.91. The normalized spacial score (nSPS) is 22.2. The summed E-state index contributed by atoms with van der Waals surface area (Å²) in [6.07, 6.45) is 3.49. The van der Waals surface area contributed by atoms with Gasteiger partial charge in [0, 0.05) is 18.0 Å². The summed E-state index contributed by atoms with van der Waals surface area (Å²) in [5, 5.41) is 10.9. The van der Waals surface area contributed by atoms with Gasteiger partial charge in [0.05, 0.1) is 6.04 Å². The number of rotatable bonds is 2. The molecule has 2 aromatic rings. The van der Waals surface area contributed by atoms with Crippen molar-refractivity contribution in [2.45, 2.75) is 31.2 Å². The van der Waals surface area contributed by atoms with Crippen molar-refractivity contribution in [3.05, 3.63) is 41.5 Å². The lowest BCUT2D eigenvalue weighted by atomic mass is 10.1. The first-order chi connectivity index (χ1) is 8.40. The summed E-state index contributed by atoms with van der Waals surface area (Å²) in [5.74, 6) is 2.59. The lowest BCUT2D eigenvalue weighted by Gasteiger charge is -2.06. The number of nitrogens with zero attached hydrogens (tertiary/aromatic N) is 2. The monoisotopic (exact) mass is 226 g/mol. The van der Waals surface area contributed by atoms with Crippen LogP contribution in [0.4, 0.5) is 5.69 Å². The van der Waals surface area contributed by atoms with Crippen molar-refractivity contribution in [1.29, 1.82) is 0 Å². The van der Waals surface area contributed by atoms with Crippen LogP contribution in [-0.4, -0.2) is 15.2 Å². The zero-order valence-corrected chi connectivity index (χ0v) is 9.48. The fraction of sp³-hybridized carbons (Fsp3) is 0.385. The quantitative estimate of drug-likeness (QED) is 0.826. The van der Waals surface area contributed by atoms with Crippen molar-refractivity contribution in [1.82, 2.24) is 15.2 Å². The SMILES string of the molecule is c1ccc2c(c1)C[C@@H](c1nc(C3CC3)n[nH]1)N2. The first kappa shape index (κ1) is 9.22. The lowest BCUT2D eigenvalue weighted by Crippen LogP contribution is -2.07. The van der Waals surface area contributed by atoms with E-state index >= 15 is 0 Å². The third-order valence-electron chi connectivity index (χ3n) is 3.56. The number of nitrogens with one attached hydrogen (secondary N) is 2. The largest absolute Gasteiger partial charge is 0.375 e. The number of para-hydroxylation sites is 1. The fourth-order valence-corrected chi connectivity index (χ4v) is 2.43. The molecule has 1 aromatic heterocycles.